The lowest BCUT2D eigenvalue weighted by Gasteiger charge is -2.08. The molecule has 1 aromatic heterocycles. The molecule has 1 heterocycles. The highest BCUT2D eigenvalue weighted by Gasteiger charge is 2.44. The fourth-order valence-corrected chi connectivity index (χ4v) is 4.14. The molecule has 5 nitrogen and oxygen atoms in total. The summed E-state index contributed by atoms with van der Waals surface area (Å²) in [6.07, 6.45) is 2.30. The van der Waals surface area contributed by atoms with E-state index in [0.29, 0.717) is 20.7 Å². The Hall–Kier alpha value is -2.70. The number of amides is 2. The Morgan fingerprint density at radius 2 is 1.89 bits per heavy atom. The molecule has 1 aliphatic carbocycles. The number of hydrogen-bond acceptors (Lipinski definition) is 4. The number of nitrogens with one attached hydrogen (secondary N) is 2. The number of carbonyl (C=O) groups is 2. The van der Waals surface area contributed by atoms with Crippen molar-refractivity contribution in [3.63, 3.8) is 0 Å². The number of rotatable bonds is 5. The van der Waals surface area contributed by atoms with Crippen molar-refractivity contribution < 1.29 is 9.59 Å². The zero-order valence-corrected chi connectivity index (χ0v) is 16.7. The van der Waals surface area contributed by atoms with Gasteiger partial charge in [0.15, 0.2) is 5.13 Å². The number of halogens is 1. The van der Waals surface area contributed by atoms with Crippen LogP contribution in [0.25, 0.3) is 0 Å². The van der Waals surface area contributed by atoms with E-state index in [4.69, 9.17) is 11.6 Å². The molecular formula is C21H18ClN3O2S. The maximum atomic E-state index is 12.5. The molecule has 2 atom stereocenters. The Morgan fingerprint density at radius 1 is 1.11 bits per heavy atom. The number of hydrogen-bond donors (Lipinski definition) is 2. The third-order valence-corrected chi connectivity index (χ3v) is 6.00. The van der Waals surface area contributed by atoms with Crippen molar-refractivity contribution >= 4 is 45.6 Å². The molecule has 2 unspecified atom stereocenters. The van der Waals surface area contributed by atoms with Crippen LogP contribution in [0.5, 0.6) is 0 Å². The maximum Gasteiger partial charge on any atom is 0.267 e. The first-order chi connectivity index (χ1) is 13.5. The molecule has 1 fully saturated rings. The van der Waals surface area contributed by atoms with Gasteiger partial charge in [-0.15, -0.1) is 0 Å². The van der Waals surface area contributed by atoms with Crippen LogP contribution < -0.4 is 10.6 Å². The second-order valence-electron chi connectivity index (χ2n) is 6.76. The SMILES string of the molecule is Cc1cccc(Cl)c1NC(=O)c1cnc(NC(=O)C2CC2c2ccccc2)s1. The number of nitrogens with zero attached hydrogens (tertiary/aromatic N) is 1. The fraction of sp³-hybridized carbons (Fsp3) is 0.190. The minimum atomic E-state index is -0.303. The first-order valence-corrected chi connectivity index (χ1v) is 10.1. The van der Waals surface area contributed by atoms with Gasteiger partial charge < -0.3 is 10.6 Å². The summed E-state index contributed by atoms with van der Waals surface area (Å²) in [5, 5.41) is 6.54. The molecule has 1 saturated carbocycles. The van der Waals surface area contributed by atoms with E-state index in [1.165, 1.54) is 11.8 Å². The quantitative estimate of drug-likeness (QED) is 0.613. The van der Waals surface area contributed by atoms with Gasteiger partial charge >= 0.3 is 0 Å². The van der Waals surface area contributed by atoms with Crippen LogP contribution in [-0.2, 0) is 4.79 Å². The Morgan fingerprint density at radius 3 is 2.64 bits per heavy atom. The van der Waals surface area contributed by atoms with Gasteiger partial charge in [-0.05, 0) is 36.5 Å². The van der Waals surface area contributed by atoms with Gasteiger partial charge in [0.2, 0.25) is 5.91 Å². The van der Waals surface area contributed by atoms with E-state index in [1.54, 1.807) is 6.07 Å². The largest absolute Gasteiger partial charge is 0.320 e. The monoisotopic (exact) mass is 411 g/mol. The van der Waals surface area contributed by atoms with Crippen LogP contribution in [0.15, 0.2) is 54.7 Å². The summed E-state index contributed by atoms with van der Waals surface area (Å²) in [6.45, 7) is 1.87. The topological polar surface area (TPSA) is 71.1 Å². The molecule has 2 aromatic carbocycles. The first-order valence-electron chi connectivity index (χ1n) is 8.91. The predicted octanol–water partition coefficient (Wildman–Crippen LogP) is 5.10. The van der Waals surface area contributed by atoms with E-state index in [9.17, 15) is 9.59 Å². The highest BCUT2D eigenvalue weighted by molar-refractivity contribution is 7.17. The first kappa shape index (κ1) is 18.7. The number of anilines is 2. The van der Waals surface area contributed by atoms with E-state index in [1.807, 2.05) is 49.4 Å². The molecule has 3 aromatic rings. The van der Waals surface area contributed by atoms with Gasteiger partial charge in [-0.1, -0.05) is 65.4 Å². The van der Waals surface area contributed by atoms with Gasteiger partial charge in [0, 0.05) is 5.92 Å². The van der Waals surface area contributed by atoms with Crippen molar-refractivity contribution in [3.05, 3.63) is 75.8 Å². The molecule has 0 aliphatic heterocycles. The highest BCUT2D eigenvalue weighted by Crippen LogP contribution is 2.48. The highest BCUT2D eigenvalue weighted by atomic mass is 35.5. The van der Waals surface area contributed by atoms with Gasteiger partial charge in [0.05, 0.1) is 16.9 Å². The van der Waals surface area contributed by atoms with Gasteiger partial charge in [-0.2, -0.15) is 0 Å². The number of para-hydroxylation sites is 1. The molecule has 0 spiro atoms. The summed E-state index contributed by atoms with van der Waals surface area (Å²) in [5.74, 6) is -0.152. The molecule has 0 bridgehead atoms. The normalized spacial score (nSPS) is 17.8. The van der Waals surface area contributed by atoms with Crippen molar-refractivity contribution in [2.45, 2.75) is 19.3 Å². The van der Waals surface area contributed by atoms with Crippen molar-refractivity contribution in [1.29, 1.82) is 0 Å². The lowest BCUT2D eigenvalue weighted by Crippen LogP contribution is -2.14. The summed E-state index contributed by atoms with van der Waals surface area (Å²) in [5.41, 5.74) is 2.63. The maximum absolute atomic E-state index is 12.5. The zero-order valence-electron chi connectivity index (χ0n) is 15.1. The standard InChI is InChI=1S/C21H18ClN3O2S/c1-12-6-5-9-16(22)18(12)24-20(27)17-11-23-21(28-17)25-19(26)15-10-14(15)13-7-3-2-4-8-13/h2-9,11,14-15H,10H2,1H3,(H,24,27)(H,23,25,26). The van der Waals surface area contributed by atoms with Gasteiger partial charge in [0.25, 0.3) is 5.91 Å². The van der Waals surface area contributed by atoms with Crippen LogP contribution in [0.4, 0.5) is 10.8 Å². The van der Waals surface area contributed by atoms with E-state index in [2.05, 4.69) is 15.6 Å². The van der Waals surface area contributed by atoms with Crippen molar-refractivity contribution in [2.75, 3.05) is 10.6 Å². The van der Waals surface area contributed by atoms with Gasteiger partial charge in [-0.3, -0.25) is 9.59 Å². The van der Waals surface area contributed by atoms with E-state index in [-0.39, 0.29) is 23.7 Å². The molecule has 4 rings (SSSR count). The number of carbonyl (C=O) groups excluding carboxylic acids is 2. The van der Waals surface area contributed by atoms with Crippen LogP contribution in [-0.4, -0.2) is 16.8 Å². The Balaban J connectivity index is 1.38. The van der Waals surface area contributed by atoms with E-state index < -0.39 is 0 Å². The second-order valence-corrected chi connectivity index (χ2v) is 8.20. The smallest absolute Gasteiger partial charge is 0.267 e. The zero-order chi connectivity index (χ0) is 19.7. The number of benzene rings is 2. The number of aryl methyl sites for hydroxylation is 1. The van der Waals surface area contributed by atoms with Gasteiger partial charge in [0.1, 0.15) is 4.88 Å². The molecule has 1 aliphatic rings. The lowest BCUT2D eigenvalue weighted by molar-refractivity contribution is -0.117. The average Bonchev–Trinajstić information content (AvgIpc) is 3.37. The van der Waals surface area contributed by atoms with Crippen LogP contribution in [0.3, 0.4) is 0 Å². The number of thiazole rings is 1. The number of aromatic nitrogens is 1. The average molecular weight is 412 g/mol. The molecule has 142 valence electrons. The summed E-state index contributed by atoms with van der Waals surface area (Å²) in [7, 11) is 0. The van der Waals surface area contributed by atoms with Crippen LogP contribution in [0, 0.1) is 12.8 Å². The predicted molar refractivity (Wildman–Crippen MR) is 112 cm³/mol. The lowest BCUT2D eigenvalue weighted by atomic mass is 10.1. The summed E-state index contributed by atoms with van der Waals surface area (Å²) in [6, 6.07) is 15.4. The fourth-order valence-electron chi connectivity index (χ4n) is 3.15. The molecule has 0 radical (unpaired) electrons. The van der Waals surface area contributed by atoms with E-state index in [0.717, 1.165) is 23.3 Å². The van der Waals surface area contributed by atoms with Gasteiger partial charge in [-0.25, -0.2) is 4.98 Å². The molecule has 28 heavy (non-hydrogen) atoms. The Bertz CT molecular complexity index is 1010. The molecule has 0 saturated heterocycles. The van der Waals surface area contributed by atoms with Crippen molar-refractivity contribution in [3.8, 4) is 0 Å². The Labute approximate surface area is 171 Å². The minimum Gasteiger partial charge on any atom is -0.320 e. The summed E-state index contributed by atoms with van der Waals surface area (Å²) >= 11 is 7.30. The third kappa shape index (κ3) is 3.93. The molecular weight excluding hydrogens is 394 g/mol. The van der Waals surface area contributed by atoms with Crippen LogP contribution in [0.2, 0.25) is 5.02 Å². The Kier molecular flexibility index (Phi) is 5.15. The second kappa shape index (κ2) is 7.73. The molecule has 7 heteroatoms. The van der Waals surface area contributed by atoms with E-state index >= 15 is 0 Å². The minimum absolute atomic E-state index is 0.0469. The summed E-state index contributed by atoms with van der Waals surface area (Å²) < 4.78 is 0. The van der Waals surface area contributed by atoms with Crippen LogP contribution >= 0.6 is 22.9 Å². The molecule has 2 amide bonds. The van der Waals surface area contributed by atoms with Crippen molar-refractivity contribution in [2.24, 2.45) is 5.92 Å². The summed E-state index contributed by atoms with van der Waals surface area (Å²) in [4.78, 5) is 29.5. The third-order valence-electron chi connectivity index (χ3n) is 4.78. The van der Waals surface area contributed by atoms with Crippen molar-refractivity contribution in [1.82, 2.24) is 4.98 Å². The van der Waals surface area contributed by atoms with Crippen LogP contribution in [0.1, 0.15) is 33.1 Å². The molecule has 2 N–H and O–H groups in total.